The minimum Gasteiger partial charge on any atom is -0.372 e. The topological polar surface area (TPSA) is 50.8 Å². The van der Waals surface area contributed by atoms with E-state index in [0.717, 1.165) is 31.5 Å². The van der Waals surface area contributed by atoms with Gasteiger partial charge in [-0.2, -0.15) is 10.5 Å². The third kappa shape index (κ3) is 4.72. The summed E-state index contributed by atoms with van der Waals surface area (Å²) in [7, 11) is 0. The van der Waals surface area contributed by atoms with Crippen LogP contribution in [-0.2, 0) is 0 Å². The van der Waals surface area contributed by atoms with Gasteiger partial charge in [0.05, 0.1) is 0 Å². The Morgan fingerprint density at radius 3 is 2.47 bits per heavy atom. The van der Waals surface area contributed by atoms with Crippen molar-refractivity contribution in [2.75, 3.05) is 18.0 Å². The number of benzene rings is 1. The quantitative estimate of drug-likeness (QED) is 0.496. The van der Waals surface area contributed by atoms with Crippen LogP contribution in [0.25, 0.3) is 5.57 Å². The van der Waals surface area contributed by atoms with Crippen LogP contribution in [0.4, 0.5) is 5.69 Å². The van der Waals surface area contributed by atoms with E-state index in [4.69, 9.17) is 0 Å². The van der Waals surface area contributed by atoms with Crippen LogP contribution in [0.15, 0.2) is 62.9 Å². The second-order valence-electron chi connectivity index (χ2n) is 8.69. The molecule has 3 rings (SSSR count). The highest BCUT2D eigenvalue weighted by Gasteiger charge is 2.27. The Hall–Kier alpha value is -2.69. The number of fused-ring (bicyclic) bond motifs is 1. The van der Waals surface area contributed by atoms with Gasteiger partial charge in [0, 0.05) is 28.6 Å². The molecule has 1 heterocycles. The van der Waals surface area contributed by atoms with E-state index in [2.05, 4.69) is 82.0 Å². The van der Waals surface area contributed by atoms with E-state index >= 15 is 0 Å². The van der Waals surface area contributed by atoms with Crippen LogP contribution in [0.3, 0.4) is 0 Å². The Balaban J connectivity index is 1.99. The molecule has 2 aliphatic rings. The highest BCUT2D eigenvalue weighted by atomic mass is 32.2. The minimum atomic E-state index is 0.0291. The van der Waals surface area contributed by atoms with Gasteiger partial charge in [0.25, 0.3) is 0 Å². The second kappa shape index (κ2) is 8.99. The van der Waals surface area contributed by atoms with Crippen molar-refractivity contribution in [1.82, 2.24) is 0 Å². The number of hydrogen-bond acceptors (Lipinski definition) is 4. The SMILES string of the molecule is CCN(CC)c1ccc2c(c1)S/C(=C/C1=CC(=C(C#N)C#N)CC(C)(C)C1)C=C2C. The molecular weight excluding hydrogens is 386 g/mol. The summed E-state index contributed by atoms with van der Waals surface area (Å²) in [5.41, 5.74) is 6.12. The van der Waals surface area contributed by atoms with Crippen molar-refractivity contribution in [3.05, 3.63) is 63.6 Å². The number of nitrogens with zero attached hydrogens (tertiary/aromatic N) is 3. The lowest BCUT2D eigenvalue weighted by Gasteiger charge is -2.31. The third-order valence-electron chi connectivity index (χ3n) is 5.69. The zero-order chi connectivity index (χ0) is 21.9. The number of thioether (sulfide) groups is 1. The van der Waals surface area contributed by atoms with Crippen LogP contribution in [0.1, 0.15) is 53.0 Å². The van der Waals surface area contributed by atoms with E-state index in [1.807, 2.05) is 6.08 Å². The lowest BCUT2D eigenvalue weighted by molar-refractivity contribution is 0.354. The largest absolute Gasteiger partial charge is 0.372 e. The van der Waals surface area contributed by atoms with Gasteiger partial charge in [-0.3, -0.25) is 0 Å². The minimum absolute atomic E-state index is 0.0291. The van der Waals surface area contributed by atoms with Crippen LogP contribution >= 0.6 is 11.8 Å². The van der Waals surface area contributed by atoms with Gasteiger partial charge in [0.15, 0.2) is 0 Å². The molecular formula is C26H29N3S. The monoisotopic (exact) mass is 415 g/mol. The van der Waals surface area contributed by atoms with Crippen molar-refractivity contribution in [1.29, 1.82) is 10.5 Å². The van der Waals surface area contributed by atoms with E-state index in [1.54, 1.807) is 11.8 Å². The fraction of sp³-hybridized carbons (Fsp3) is 0.385. The van der Waals surface area contributed by atoms with Crippen molar-refractivity contribution in [2.45, 2.75) is 52.4 Å². The normalized spacial score (nSPS) is 18.6. The lowest BCUT2D eigenvalue weighted by Crippen LogP contribution is -2.21. The number of allylic oxidation sites excluding steroid dienone is 7. The second-order valence-corrected chi connectivity index (χ2v) is 9.81. The highest BCUT2D eigenvalue weighted by molar-refractivity contribution is 8.03. The first-order valence-electron chi connectivity index (χ1n) is 10.5. The molecule has 1 aromatic rings. The molecule has 1 aliphatic carbocycles. The maximum atomic E-state index is 9.32. The zero-order valence-corrected chi connectivity index (χ0v) is 19.4. The molecule has 0 radical (unpaired) electrons. The van der Waals surface area contributed by atoms with Crippen LogP contribution in [0.2, 0.25) is 0 Å². The summed E-state index contributed by atoms with van der Waals surface area (Å²) in [4.78, 5) is 4.86. The molecule has 0 saturated carbocycles. The summed E-state index contributed by atoms with van der Waals surface area (Å²) in [6, 6.07) is 10.9. The van der Waals surface area contributed by atoms with Crippen LogP contribution in [0.5, 0.6) is 0 Å². The van der Waals surface area contributed by atoms with E-state index in [0.29, 0.717) is 0 Å². The molecule has 3 nitrogen and oxygen atoms in total. The molecule has 0 bridgehead atoms. The summed E-state index contributed by atoms with van der Waals surface area (Å²) >= 11 is 1.80. The summed E-state index contributed by atoms with van der Waals surface area (Å²) < 4.78 is 0. The first-order chi connectivity index (χ1) is 14.3. The average molecular weight is 416 g/mol. The Morgan fingerprint density at radius 1 is 1.13 bits per heavy atom. The van der Waals surface area contributed by atoms with Gasteiger partial charge in [-0.1, -0.05) is 37.8 Å². The first kappa shape index (κ1) is 22.0. The Morgan fingerprint density at radius 2 is 1.83 bits per heavy atom. The zero-order valence-electron chi connectivity index (χ0n) is 18.5. The summed E-state index contributed by atoms with van der Waals surface area (Å²) in [5.74, 6) is 0. The van der Waals surface area contributed by atoms with Gasteiger partial charge in [-0.15, -0.1) is 0 Å². The van der Waals surface area contributed by atoms with Gasteiger partial charge in [0.1, 0.15) is 17.7 Å². The lowest BCUT2D eigenvalue weighted by atomic mass is 9.74. The Bertz CT molecular complexity index is 1030. The van der Waals surface area contributed by atoms with Gasteiger partial charge >= 0.3 is 0 Å². The summed E-state index contributed by atoms with van der Waals surface area (Å²) in [6.45, 7) is 12.9. The molecule has 0 N–H and O–H groups in total. The maximum absolute atomic E-state index is 9.32. The predicted molar refractivity (Wildman–Crippen MR) is 127 cm³/mol. The fourth-order valence-corrected chi connectivity index (χ4v) is 5.51. The number of anilines is 1. The summed E-state index contributed by atoms with van der Waals surface area (Å²) in [6.07, 6.45) is 8.21. The molecule has 0 saturated heterocycles. The molecule has 0 unspecified atom stereocenters. The van der Waals surface area contributed by atoms with Crippen molar-refractivity contribution in [2.24, 2.45) is 5.41 Å². The standard InChI is InChI=1S/C26H29N3S/c1-6-29(7-2)22-8-9-24-18(3)10-23(30-25(24)13-22)12-19-11-20(21(16-27)17-28)15-26(4,5)14-19/h8-13H,6-7,14-15H2,1-5H3/b23-12+. The first-order valence-corrected chi connectivity index (χ1v) is 11.3. The molecule has 0 spiro atoms. The smallest absolute Gasteiger partial charge is 0.132 e. The van der Waals surface area contributed by atoms with Crippen LogP contribution in [0, 0.1) is 28.1 Å². The number of hydrogen-bond donors (Lipinski definition) is 0. The molecule has 4 heteroatoms. The van der Waals surface area contributed by atoms with Gasteiger partial charge in [-0.25, -0.2) is 0 Å². The molecule has 1 aromatic carbocycles. The van der Waals surface area contributed by atoms with Crippen LogP contribution in [-0.4, -0.2) is 13.1 Å². The van der Waals surface area contributed by atoms with E-state index in [-0.39, 0.29) is 11.0 Å². The number of rotatable bonds is 4. The highest BCUT2D eigenvalue weighted by Crippen LogP contribution is 2.44. The fourth-order valence-electron chi connectivity index (χ4n) is 4.29. The molecule has 154 valence electrons. The van der Waals surface area contributed by atoms with Crippen molar-refractivity contribution in [3.8, 4) is 12.1 Å². The number of nitriles is 2. The van der Waals surface area contributed by atoms with E-state index in [9.17, 15) is 10.5 Å². The molecule has 1 aliphatic heterocycles. The molecule has 0 amide bonds. The van der Waals surface area contributed by atoms with Crippen molar-refractivity contribution >= 4 is 23.0 Å². The maximum Gasteiger partial charge on any atom is 0.132 e. The van der Waals surface area contributed by atoms with Crippen molar-refractivity contribution in [3.63, 3.8) is 0 Å². The Labute approximate surface area is 185 Å². The average Bonchev–Trinajstić information content (AvgIpc) is 2.68. The van der Waals surface area contributed by atoms with Gasteiger partial charge in [0.2, 0.25) is 0 Å². The van der Waals surface area contributed by atoms with Crippen LogP contribution < -0.4 is 4.90 Å². The Kier molecular flexibility index (Phi) is 6.59. The molecule has 0 fully saturated rings. The molecule has 0 aromatic heterocycles. The van der Waals surface area contributed by atoms with E-state index in [1.165, 1.54) is 32.2 Å². The predicted octanol–water partition coefficient (Wildman–Crippen LogP) is 7.02. The van der Waals surface area contributed by atoms with Gasteiger partial charge < -0.3 is 4.90 Å². The molecule has 30 heavy (non-hydrogen) atoms. The molecule has 0 atom stereocenters. The third-order valence-corrected chi connectivity index (χ3v) is 6.72. The van der Waals surface area contributed by atoms with E-state index < -0.39 is 0 Å². The van der Waals surface area contributed by atoms with Crippen molar-refractivity contribution < 1.29 is 0 Å². The summed E-state index contributed by atoms with van der Waals surface area (Å²) in [5, 5.41) is 18.6. The van der Waals surface area contributed by atoms with Gasteiger partial charge in [-0.05, 0) is 85.6 Å².